The minimum absolute atomic E-state index is 0.0181. The Hall–Kier alpha value is -1.62. The van der Waals surface area contributed by atoms with E-state index in [1.807, 2.05) is 6.07 Å². The molecule has 5 heteroatoms. The number of nitro benzene ring substituents is 1. The Bertz CT molecular complexity index is 440. The number of anilines is 1. The summed E-state index contributed by atoms with van der Waals surface area (Å²) in [5.74, 6) is 0. The molecule has 0 spiro atoms. The summed E-state index contributed by atoms with van der Waals surface area (Å²) in [6.07, 6.45) is 6.29. The number of nitrogen functional groups attached to an aromatic ring is 1. The molecule has 0 radical (unpaired) electrons. The average Bonchev–Trinajstić information content (AvgIpc) is 2.34. The van der Waals surface area contributed by atoms with E-state index in [1.165, 1.54) is 38.2 Å². The van der Waals surface area contributed by atoms with Crippen LogP contribution in [0.25, 0.3) is 0 Å². The van der Waals surface area contributed by atoms with Gasteiger partial charge in [-0.05, 0) is 31.5 Å². The standard InChI is InChI=1S/C14H21N3O2/c15-14-12(7-6-8-13(14)17(18)19)11-16-9-4-2-1-3-5-10-16/h6-8H,1-5,9-11,15H2. The summed E-state index contributed by atoms with van der Waals surface area (Å²) in [6, 6.07) is 5.07. The van der Waals surface area contributed by atoms with E-state index in [4.69, 9.17) is 5.73 Å². The summed E-state index contributed by atoms with van der Waals surface area (Å²) in [5, 5.41) is 10.9. The molecule has 0 amide bonds. The van der Waals surface area contributed by atoms with Crippen molar-refractivity contribution in [2.75, 3.05) is 18.8 Å². The quantitative estimate of drug-likeness (QED) is 0.517. The Kier molecular flexibility index (Phi) is 4.74. The van der Waals surface area contributed by atoms with Gasteiger partial charge in [0.15, 0.2) is 0 Å². The van der Waals surface area contributed by atoms with Crippen molar-refractivity contribution in [2.45, 2.75) is 38.6 Å². The van der Waals surface area contributed by atoms with Gasteiger partial charge in [0.2, 0.25) is 0 Å². The average molecular weight is 263 g/mol. The van der Waals surface area contributed by atoms with Gasteiger partial charge in [-0.1, -0.05) is 31.4 Å². The van der Waals surface area contributed by atoms with Crippen LogP contribution in [-0.2, 0) is 6.54 Å². The molecule has 5 nitrogen and oxygen atoms in total. The van der Waals surface area contributed by atoms with Crippen LogP contribution < -0.4 is 5.73 Å². The zero-order valence-corrected chi connectivity index (χ0v) is 11.2. The second-order valence-electron chi connectivity index (χ2n) is 5.15. The first-order chi connectivity index (χ1) is 9.18. The number of para-hydroxylation sites is 1. The second kappa shape index (κ2) is 6.52. The minimum atomic E-state index is -0.410. The Balaban J connectivity index is 2.09. The molecule has 0 aromatic heterocycles. The number of nitrogens with zero attached hydrogens (tertiary/aromatic N) is 2. The Labute approximate surface area is 113 Å². The maximum absolute atomic E-state index is 10.9. The number of benzene rings is 1. The molecule has 0 bridgehead atoms. The summed E-state index contributed by atoms with van der Waals surface area (Å²) in [6.45, 7) is 2.83. The van der Waals surface area contributed by atoms with E-state index in [1.54, 1.807) is 6.07 Å². The van der Waals surface area contributed by atoms with Gasteiger partial charge < -0.3 is 5.73 Å². The number of hydrogen-bond donors (Lipinski definition) is 1. The Morgan fingerprint density at radius 3 is 2.42 bits per heavy atom. The third-order valence-corrected chi connectivity index (χ3v) is 3.71. The van der Waals surface area contributed by atoms with Crippen LogP contribution in [0.4, 0.5) is 11.4 Å². The van der Waals surface area contributed by atoms with Crippen LogP contribution in [0.1, 0.15) is 37.7 Å². The predicted octanol–water partition coefficient (Wildman–Crippen LogP) is 2.94. The van der Waals surface area contributed by atoms with Crippen LogP contribution in [0.15, 0.2) is 18.2 Å². The van der Waals surface area contributed by atoms with E-state index < -0.39 is 4.92 Å². The van der Waals surface area contributed by atoms with Crippen LogP contribution in [-0.4, -0.2) is 22.9 Å². The Morgan fingerprint density at radius 1 is 1.16 bits per heavy atom. The third-order valence-electron chi connectivity index (χ3n) is 3.71. The zero-order valence-electron chi connectivity index (χ0n) is 11.2. The van der Waals surface area contributed by atoms with Crippen molar-refractivity contribution < 1.29 is 4.92 Å². The van der Waals surface area contributed by atoms with Gasteiger partial charge in [0.25, 0.3) is 5.69 Å². The van der Waals surface area contributed by atoms with Gasteiger partial charge in [0.05, 0.1) is 4.92 Å². The van der Waals surface area contributed by atoms with Gasteiger partial charge in [-0.2, -0.15) is 0 Å². The normalized spacial score (nSPS) is 17.7. The number of rotatable bonds is 3. The van der Waals surface area contributed by atoms with E-state index in [0.717, 1.165) is 18.7 Å². The van der Waals surface area contributed by atoms with Crippen molar-refractivity contribution in [2.24, 2.45) is 0 Å². The van der Waals surface area contributed by atoms with Crippen LogP contribution in [0.3, 0.4) is 0 Å². The lowest BCUT2D eigenvalue weighted by Gasteiger charge is -2.24. The van der Waals surface area contributed by atoms with Crippen LogP contribution >= 0.6 is 0 Å². The molecule has 1 heterocycles. The maximum Gasteiger partial charge on any atom is 0.292 e. The smallest absolute Gasteiger partial charge is 0.292 e. The highest BCUT2D eigenvalue weighted by atomic mass is 16.6. The van der Waals surface area contributed by atoms with Crippen molar-refractivity contribution in [3.63, 3.8) is 0 Å². The van der Waals surface area contributed by atoms with Crippen LogP contribution in [0.2, 0.25) is 0 Å². The van der Waals surface area contributed by atoms with Gasteiger partial charge in [-0.15, -0.1) is 0 Å². The number of hydrogen-bond acceptors (Lipinski definition) is 4. The van der Waals surface area contributed by atoms with Crippen molar-refractivity contribution in [3.05, 3.63) is 33.9 Å². The van der Waals surface area contributed by atoms with E-state index in [2.05, 4.69) is 4.90 Å². The molecule has 2 rings (SSSR count). The lowest BCUT2D eigenvalue weighted by Crippen LogP contribution is -2.27. The molecule has 0 saturated carbocycles. The topological polar surface area (TPSA) is 72.4 Å². The van der Waals surface area contributed by atoms with Gasteiger partial charge in [0, 0.05) is 12.6 Å². The molecular weight excluding hydrogens is 242 g/mol. The van der Waals surface area contributed by atoms with Crippen LogP contribution in [0.5, 0.6) is 0 Å². The molecule has 0 aliphatic carbocycles. The highest BCUT2D eigenvalue weighted by Crippen LogP contribution is 2.26. The summed E-state index contributed by atoms with van der Waals surface area (Å²) in [4.78, 5) is 12.8. The molecule has 19 heavy (non-hydrogen) atoms. The van der Waals surface area contributed by atoms with E-state index in [9.17, 15) is 10.1 Å². The monoisotopic (exact) mass is 263 g/mol. The van der Waals surface area contributed by atoms with Gasteiger partial charge in [-0.3, -0.25) is 15.0 Å². The maximum atomic E-state index is 10.9. The molecule has 1 aromatic carbocycles. The van der Waals surface area contributed by atoms with Crippen molar-refractivity contribution >= 4 is 11.4 Å². The van der Waals surface area contributed by atoms with E-state index >= 15 is 0 Å². The SMILES string of the molecule is Nc1c(CN2CCCCCCC2)cccc1[N+](=O)[O-]. The van der Waals surface area contributed by atoms with Crippen molar-refractivity contribution in [1.82, 2.24) is 4.90 Å². The molecule has 1 saturated heterocycles. The largest absolute Gasteiger partial charge is 0.393 e. The molecule has 1 aliphatic rings. The fourth-order valence-corrected chi connectivity index (χ4v) is 2.61. The fraction of sp³-hybridized carbons (Fsp3) is 0.571. The van der Waals surface area contributed by atoms with Crippen molar-refractivity contribution in [1.29, 1.82) is 0 Å². The van der Waals surface area contributed by atoms with E-state index in [0.29, 0.717) is 12.2 Å². The van der Waals surface area contributed by atoms with Gasteiger partial charge >= 0.3 is 0 Å². The fourth-order valence-electron chi connectivity index (χ4n) is 2.61. The van der Waals surface area contributed by atoms with E-state index in [-0.39, 0.29) is 5.69 Å². The summed E-state index contributed by atoms with van der Waals surface area (Å²) in [5.41, 5.74) is 7.11. The molecule has 0 atom stereocenters. The van der Waals surface area contributed by atoms with Crippen LogP contribution in [0, 0.1) is 10.1 Å². The highest BCUT2D eigenvalue weighted by molar-refractivity contribution is 5.62. The lowest BCUT2D eigenvalue weighted by atomic mass is 10.1. The predicted molar refractivity (Wildman–Crippen MR) is 75.9 cm³/mol. The molecule has 104 valence electrons. The first-order valence-corrected chi connectivity index (χ1v) is 6.92. The highest BCUT2D eigenvalue weighted by Gasteiger charge is 2.16. The third kappa shape index (κ3) is 3.67. The molecule has 1 aromatic rings. The molecule has 0 unspecified atom stereocenters. The van der Waals surface area contributed by atoms with Gasteiger partial charge in [-0.25, -0.2) is 0 Å². The summed E-state index contributed by atoms with van der Waals surface area (Å²) < 4.78 is 0. The first-order valence-electron chi connectivity index (χ1n) is 6.92. The number of likely N-dealkylation sites (tertiary alicyclic amines) is 1. The Morgan fingerprint density at radius 2 is 1.79 bits per heavy atom. The summed E-state index contributed by atoms with van der Waals surface area (Å²) >= 11 is 0. The minimum Gasteiger partial charge on any atom is -0.393 e. The number of nitro groups is 1. The summed E-state index contributed by atoms with van der Waals surface area (Å²) in [7, 11) is 0. The number of nitrogens with two attached hydrogens (primary N) is 1. The zero-order chi connectivity index (χ0) is 13.7. The molecule has 2 N–H and O–H groups in total. The molecule has 1 fully saturated rings. The van der Waals surface area contributed by atoms with Gasteiger partial charge in [0.1, 0.15) is 5.69 Å². The molecule has 1 aliphatic heterocycles. The second-order valence-corrected chi connectivity index (χ2v) is 5.15. The first kappa shape index (κ1) is 13.8. The van der Waals surface area contributed by atoms with Crippen molar-refractivity contribution in [3.8, 4) is 0 Å². The lowest BCUT2D eigenvalue weighted by molar-refractivity contribution is -0.384. The molecular formula is C14H21N3O2.